The van der Waals surface area contributed by atoms with Crippen molar-refractivity contribution in [1.82, 2.24) is 14.8 Å². The molecule has 7 heteroatoms. The molecule has 6 nitrogen and oxygen atoms in total. The summed E-state index contributed by atoms with van der Waals surface area (Å²) in [6.07, 6.45) is 6.88. The first kappa shape index (κ1) is 17.5. The van der Waals surface area contributed by atoms with Gasteiger partial charge in [-0.15, -0.1) is 16.8 Å². The summed E-state index contributed by atoms with van der Waals surface area (Å²) in [6.45, 7) is 4.34. The molecule has 132 valence electrons. The molecule has 0 spiro atoms. The molecule has 1 aromatic heterocycles. The van der Waals surface area contributed by atoms with Crippen LogP contribution in [0.1, 0.15) is 25.7 Å². The lowest BCUT2D eigenvalue weighted by molar-refractivity contribution is -0.115. The van der Waals surface area contributed by atoms with E-state index in [2.05, 4.69) is 16.8 Å². The van der Waals surface area contributed by atoms with Gasteiger partial charge in [-0.3, -0.25) is 9.36 Å². The van der Waals surface area contributed by atoms with Gasteiger partial charge in [0, 0.05) is 12.1 Å². The van der Waals surface area contributed by atoms with Crippen LogP contribution in [-0.4, -0.2) is 32.5 Å². The first-order valence-electron chi connectivity index (χ1n) is 8.39. The second kappa shape index (κ2) is 8.20. The SMILES string of the molecule is C=CCn1c(SCC(N)=O)nnc1-c1ccc(OC2CCCC2)cc1. The molecule has 0 saturated heterocycles. The summed E-state index contributed by atoms with van der Waals surface area (Å²) in [5.74, 6) is 1.41. The highest BCUT2D eigenvalue weighted by Crippen LogP contribution is 2.28. The van der Waals surface area contributed by atoms with Crippen LogP contribution in [0.5, 0.6) is 5.75 Å². The smallest absolute Gasteiger partial charge is 0.227 e. The minimum atomic E-state index is -0.381. The van der Waals surface area contributed by atoms with Crippen LogP contribution in [-0.2, 0) is 11.3 Å². The molecule has 0 radical (unpaired) electrons. The van der Waals surface area contributed by atoms with Crippen molar-refractivity contribution in [3.8, 4) is 17.1 Å². The van der Waals surface area contributed by atoms with Crippen LogP contribution in [0.15, 0.2) is 42.1 Å². The van der Waals surface area contributed by atoms with E-state index < -0.39 is 0 Å². The molecule has 1 heterocycles. The topological polar surface area (TPSA) is 83.0 Å². The van der Waals surface area contributed by atoms with Crippen LogP contribution in [0.4, 0.5) is 0 Å². The van der Waals surface area contributed by atoms with Gasteiger partial charge in [0.2, 0.25) is 5.91 Å². The van der Waals surface area contributed by atoms with E-state index in [-0.39, 0.29) is 11.7 Å². The number of nitrogens with two attached hydrogens (primary N) is 1. The molecule has 2 N–H and O–H groups in total. The molecule has 0 unspecified atom stereocenters. The number of allylic oxidation sites excluding steroid dienone is 1. The molecule has 1 aliphatic rings. The highest BCUT2D eigenvalue weighted by atomic mass is 32.2. The van der Waals surface area contributed by atoms with Crippen LogP contribution < -0.4 is 10.5 Å². The molecule has 2 aromatic rings. The van der Waals surface area contributed by atoms with Crippen LogP contribution in [0, 0.1) is 0 Å². The van der Waals surface area contributed by atoms with Gasteiger partial charge in [-0.1, -0.05) is 17.8 Å². The molecule has 25 heavy (non-hydrogen) atoms. The fourth-order valence-corrected chi connectivity index (χ4v) is 3.61. The van der Waals surface area contributed by atoms with Crippen molar-refractivity contribution in [1.29, 1.82) is 0 Å². The van der Waals surface area contributed by atoms with Crippen molar-refractivity contribution in [3.05, 3.63) is 36.9 Å². The summed E-state index contributed by atoms with van der Waals surface area (Å²) in [5.41, 5.74) is 6.16. The molecule has 0 aliphatic heterocycles. The predicted molar refractivity (Wildman–Crippen MR) is 98.5 cm³/mol. The third kappa shape index (κ3) is 4.42. The minimum absolute atomic E-state index is 0.170. The number of amides is 1. The van der Waals surface area contributed by atoms with Gasteiger partial charge in [0.25, 0.3) is 0 Å². The number of rotatable bonds is 8. The average Bonchev–Trinajstić information content (AvgIpc) is 3.24. The van der Waals surface area contributed by atoms with E-state index in [9.17, 15) is 4.79 Å². The van der Waals surface area contributed by atoms with Gasteiger partial charge in [-0.05, 0) is 49.9 Å². The van der Waals surface area contributed by atoms with Gasteiger partial charge >= 0.3 is 0 Å². The van der Waals surface area contributed by atoms with E-state index >= 15 is 0 Å². The molecular weight excluding hydrogens is 336 g/mol. The Morgan fingerprint density at radius 1 is 1.32 bits per heavy atom. The monoisotopic (exact) mass is 358 g/mol. The Morgan fingerprint density at radius 2 is 2.04 bits per heavy atom. The fourth-order valence-electron chi connectivity index (χ4n) is 2.92. The predicted octanol–water partition coefficient (Wildman–Crippen LogP) is 3.03. The number of carbonyl (C=O) groups is 1. The lowest BCUT2D eigenvalue weighted by Gasteiger charge is -2.13. The second-order valence-electron chi connectivity index (χ2n) is 6.01. The number of hydrogen-bond donors (Lipinski definition) is 1. The first-order chi connectivity index (χ1) is 12.2. The number of hydrogen-bond acceptors (Lipinski definition) is 5. The maximum atomic E-state index is 11.0. The maximum Gasteiger partial charge on any atom is 0.227 e. The summed E-state index contributed by atoms with van der Waals surface area (Å²) >= 11 is 1.28. The van der Waals surface area contributed by atoms with E-state index in [4.69, 9.17) is 10.5 Å². The minimum Gasteiger partial charge on any atom is -0.490 e. The lowest BCUT2D eigenvalue weighted by atomic mass is 10.2. The zero-order valence-corrected chi connectivity index (χ0v) is 14.9. The van der Waals surface area contributed by atoms with Crippen molar-refractivity contribution in [2.45, 2.75) is 43.5 Å². The first-order valence-corrected chi connectivity index (χ1v) is 9.38. The van der Waals surface area contributed by atoms with Crippen molar-refractivity contribution < 1.29 is 9.53 Å². The van der Waals surface area contributed by atoms with Gasteiger partial charge in [-0.25, -0.2) is 0 Å². The Labute approximate surface area is 151 Å². The van der Waals surface area contributed by atoms with Crippen molar-refractivity contribution in [2.24, 2.45) is 5.73 Å². The molecule has 1 aliphatic carbocycles. The molecule has 1 amide bonds. The van der Waals surface area contributed by atoms with Gasteiger partial charge < -0.3 is 10.5 Å². The molecule has 0 bridgehead atoms. The number of primary amides is 1. The zero-order valence-electron chi connectivity index (χ0n) is 14.1. The van der Waals surface area contributed by atoms with Gasteiger partial charge in [0.05, 0.1) is 11.9 Å². The second-order valence-corrected chi connectivity index (χ2v) is 6.95. The van der Waals surface area contributed by atoms with Gasteiger partial charge in [0.1, 0.15) is 5.75 Å². The Balaban J connectivity index is 1.77. The van der Waals surface area contributed by atoms with E-state index in [1.54, 1.807) is 6.08 Å². The largest absolute Gasteiger partial charge is 0.490 e. The van der Waals surface area contributed by atoms with Gasteiger partial charge in [0.15, 0.2) is 11.0 Å². The fraction of sp³-hybridized carbons (Fsp3) is 0.389. The van der Waals surface area contributed by atoms with E-state index in [1.165, 1.54) is 24.6 Å². The lowest BCUT2D eigenvalue weighted by Crippen LogP contribution is -2.13. The van der Waals surface area contributed by atoms with Crippen molar-refractivity contribution in [2.75, 3.05) is 5.75 Å². The van der Waals surface area contributed by atoms with E-state index in [1.807, 2.05) is 28.8 Å². The average molecular weight is 358 g/mol. The van der Waals surface area contributed by atoms with Crippen LogP contribution in [0.2, 0.25) is 0 Å². The number of carbonyl (C=O) groups excluding carboxylic acids is 1. The molecule has 1 saturated carbocycles. The normalized spacial score (nSPS) is 14.6. The number of nitrogens with zero attached hydrogens (tertiary/aromatic N) is 3. The van der Waals surface area contributed by atoms with Crippen LogP contribution in [0.25, 0.3) is 11.4 Å². The van der Waals surface area contributed by atoms with Crippen LogP contribution in [0.3, 0.4) is 0 Å². The summed E-state index contributed by atoms with van der Waals surface area (Å²) in [7, 11) is 0. The van der Waals surface area contributed by atoms with Crippen molar-refractivity contribution in [3.63, 3.8) is 0 Å². The molecule has 1 aromatic carbocycles. The highest BCUT2D eigenvalue weighted by Gasteiger charge is 2.17. The highest BCUT2D eigenvalue weighted by molar-refractivity contribution is 7.99. The third-order valence-corrected chi connectivity index (χ3v) is 5.08. The van der Waals surface area contributed by atoms with E-state index in [0.717, 1.165) is 30.0 Å². The number of ether oxygens (including phenoxy) is 1. The standard InChI is InChI=1S/C18H22N4O2S/c1-2-11-22-17(20-21-18(22)25-12-16(19)23)13-7-9-15(10-8-13)24-14-5-3-4-6-14/h2,7-10,14H,1,3-6,11-12H2,(H2,19,23). The summed E-state index contributed by atoms with van der Waals surface area (Å²) in [6, 6.07) is 7.90. The molecule has 0 atom stereocenters. The molecule has 1 fully saturated rings. The number of benzene rings is 1. The maximum absolute atomic E-state index is 11.0. The molecule has 3 rings (SSSR count). The Kier molecular flexibility index (Phi) is 5.75. The Hall–Kier alpha value is -2.28. The van der Waals surface area contributed by atoms with Gasteiger partial charge in [-0.2, -0.15) is 0 Å². The summed E-state index contributed by atoms with van der Waals surface area (Å²) in [5, 5.41) is 9.10. The summed E-state index contributed by atoms with van der Waals surface area (Å²) in [4.78, 5) is 11.0. The zero-order chi connectivity index (χ0) is 17.6. The molecular formula is C18H22N4O2S. The Morgan fingerprint density at radius 3 is 2.68 bits per heavy atom. The quantitative estimate of drug-likeness (QED) is 0.579. The number of aromatic nitrogens is 3. The summed E-state index contributed by atoms with van der Waals surface area (Å²) < 4.78 is 7.92. The van der Waals surface area contributed by atoms with E-state index in [0.29, 0.717) is 17.8 Å². The number of thioether (sulfide) groups is 1. The Bertz CT molecular complexity index is 736. The third-order valence-electron chi connectivity index (χ3n) is 4.09. The van der Waals surface area contributed by atoms with Crippen molar-refractivity contribution >= 4 is 17.7 Å². The van der Waals surface area contributed by atoms with Crippen LogP contribution >= 0.6 is 11.8 Å².